The number of rotatable bonds is 6. The fourth-order valence-corrected chi connectivity index (χ4v) is 2.08. The lowest BCUT2D eigenvalue weighted by atomic mass is 10.1. The molecule has 1 aromatic rings. The van der Waals surface area contributed by atoms with E-state index in [1.54, 1.807) is 0 Å². The molecule has 5 heteroatoms. The number of aryl methyl sites for hydroxylation is 1. The minimum atomic E-state index is -0.114. The first-order valence-electron chi connectivity index (χ1n) is 6.84. The van der Waals surface area contributed by atoms with Gasteiger partial charge in [0.1, 0.15) is 6.61 Å². The Morgan fingerprint density at radius 3 is 2.60 bits per heavy atom. The Morgan fingerprint density at radius 2 is 1.90 bits per heavy atom. The van der Waals surface area contributed by atoms with Gasteiger partial charge in [-0.1, -0.05) is 30.3 Å². The summed E-state index contributed by atoms with van der Waals surface area (Å²) < 4.78 is 10.5. The largest absolute Gasteiger partial charge is 0.464 e. The van der Waals surface area contributed by atoms with Gasteiger partial charge in [0.15, 0.2) is 0 Å². The summed E-state index contributed by atoms with van der Waals surface area (Å²) in [6.07, 6.45) is 1.20. The highest BCUT2D eigenvalue weighted by molar-refractivity contribution is 5.85. The van der Waals surface area contributed by atoms with Crippen LogP contribution in [-0.2, 0) is 20.7 Å². The predicted molar refractivity (Wildman–Crippen MR) is 80.2 cm³/mol. The smallest absolute Gasteiger partial charge is 0.306 e. The van der Waals surface area contributed by atoms with Gasteiger partial charge in [0.05, 0.1) is 13.2 Å². The second kappa shape index (κ2) is 9.75. The SMILES string of the molecule is Cl.O=C(CCc1ccccc1)OCCN1CCOCC1. The number of benzene rings is 1. The van der Waals surface area contributed by atoms with Crippen molar-refractivity contribution in [1.29, 1.82) is 0 Å². The Kier molecular flexibility index (Phi) is 8.26. The quantitative estimate of drug-likeness (QED) is 0.752. The topological polar surface area (TPSA) is 38.8 Å². The molecular weight excluding hydrogens is 278 g/mol. The van der Waals surface area contributed by atoms with Crippen molar-refractivity contribution in [2.24, 2.45) is 0 Å². The molecule has 0 bridgehead atoms. The second-order valence-corrected chi connectivity index (χ2v) is 4.66. The van der Waals surface area contributed by atoms with Crippen LogP contribution in [0, 0.1) is 0 Å². The van der Waals surface area contributed by atoms with Gasteiger partial charge in [-0.25, -0.2) is 0 Å². The van der Waals surface area contributed by atoms with Crippen LogP contribution in [0.1, 0.15) is 12.0 Å². The summed E-state index contributed by atoms with van der Waals surface area (Å²) in [5, 5.41) is 0. The Bertz CT molecular complexity index is 380. The standard InChI is InChI=1S/C15H21NO3.ClH/c17-15(7-6-14-4-2-1-3-5-14)19-13-10-16-8-11-18-12-9-16;/h1-5H,6-13H2;1H. The molecule has 0 aliphatic carbocycles. The molecule has 0 amide bonds. The summed E-state index contributed by atoms with van der Waals surface area (Å²) in [6, 6.07) is 10.0. The van der Waals surface area contributed by atoms with Crippen LogP contribution in [-0.4, -0.2) is 50.3 Å². The van der Waals surface area contributed by atoms with Crippen LogP contribution in [0.4, 0.5) is 0 Å². The number of carbonyl (C=O) groups excluding carboxylic acids is 1. The first kappa shape index (κ1) is 17.0. The lowest BCUT2D eigenvalue weighted by Crippen LogP contribution is -2.38. The van der Waals surface area contributed by atoms with Crippen molar-refractivity contribution in [3.8, 4) is 0 Å². The zero-order valence-electron chi connectivity index (χ0n) is 11.6. The maximum absolute atomic E-state index is 11.6. The molecule has 0 unspecified atom stereocenters. The summed E-state index contributed by atoms with van der Waals surface area (Å²) in [5.74, 6) is -0.114. The third-order valence-corrected chi connectivity index (χ3v) is 3.23. The third-order valence-electron chi connectivity index (χ3n) is 3.23. The van der Waals surface area contributed by atoms with Crippen molar-refractivity contribution >= 4 is 18.4 Å². The van der Waals surface area contributed by atoms with Gasteiger partial charge in [-0.3, -0.25) is 9.69 Å². The zero-order chi connectivity index (χ0) is 13.3. The van der Waals surface area contributed by atoms with Gasteiger partial charge < -0.3 is 9.47 Å². The van der Waals surface area contributed by atoms with Crippen LogP contribution >= 0.6 is 12.4 Å². The van der Waals surface area contributed by atoms with Crippen molar-refractivity contribution in [3.63, 3.8) is 0 Å². The van der Waals surface area contributed by atoms with Crippen LogP contribution in [0.25, 0.3) is 0 Å². The molecule has 1 fully saturated rings. The molecule has 1 heterocycles. The lowest BCUT2D eigenvalue weighted by molar-refractivity contribution is -0.144. The van der Waals surface area contributed by atoms with Crippen molar-refractivity contribution in [2.75, 3.05) is 39.5 Å². The maximum atomic E-state index is 11.6. The number of halogens is 1. The van der Waals surface area contributed by atoms with E-state index in [0.717, 1.165) is 39.3 Å². The highest BCUT2D eigenvalue weighted by atomic mass is 35.5. The Labute approximate surface area is 126 Å². The van der Waals surface area contributed by atoms with E-state index in [1.807, 2.05) is 30.3 Å². The van der Waals surface area contributed by atoms with Crippen LogP contribution < -0.4 is 0 Å². The lowest BCUT2D eigenvalue weighted by Gasteiger charge is -2.26. The molecule has 4 nitrogen and oxygen atoms in total. The minimum absolute atomic E-state index is 0. The summed E-state index contributed by atoms with van der Waals surface area (Å²) in [5.41, 5.74) is 1.17. The number of hydrogen-bond donors (Lipinski definition) is 0. The van der Waals surface area contributed by atoms with Gasteiger partial charge in [0, 0.05) is 26.1 Å². The first-order valence-corrected chi connectivity index (χ1v) is 6.84. The maximum Gasteiger partial charge on any atom is 0.306 e. The molecule has 0 spiro atoms. The molecule has 0 saturated carbocycles. The molecule has 0 N–H and O–H groups in total. The highest BCUT2D eigenvalue weighted by Crippen LogP contribution is 2.03. The average molecular weight is 300 g/mol. The summed E-state index contributed by atoms with van der Waals surface area (Å²) in [6.45, 7) is 4.71. The number of hydrogen-bond acceptors (Lipinski definition) is 4. The molecule has 1 saturated heterocycles. The molecule has 1 aromatic carbocycles. The van der Waals surface area contributed by atoms with Gasteiger partial charge in [-0.15, -0.1) is 12.4 Å². The van der Waals surface area contributed by atoms with Gasteiger partial charge in [0.2, 0.25) is 0 Å². The monoisotopic (exact) mass is 299 g/mol. The zero-order valence-corrected chi connectivity index (χ0v) is 12.4. The fraction of sp³-hybridized carbons (Fsp3) is 0.533. The summed E-state index contributed by atoms with van der Waals surface area (Å²) in [4.78, 5) is 13.9. The number of ether oxygens (including phenoxy) is 2. The molecule has 1 aliphatic rings. The van der Waals surface area contributed by atoms with E-state index in [2.05, 4.69) is 4.90 Å². The van der Waals surface area contributed by atoms with Crippen molar-refractivity contribution in [1.82, 2.24) is 4.90 Å². The van der Waals surface area contributed by atoms with Gasteiger partial charge in [-0.05, 0) is 12.0 Å². The van der Waals surface area contributed by atoms with Crippen molar-refractivity contribution in [2.45, 2.75) is 12.8 Å². The number of esters is 1. The third kappa shape index (κ3) is 6.37. The number of carbonyl (C=O) groups is 1. The van der Waals surface area contributed by atoms with Crippen LogP contribution in [0.15, 0.2) is 30.3 Å². The molecular formula is C15H22ClNO3. The van der Waals surface area contributed by atoms with E-state index in [-0.39, 0.29) is 18.4 Å². The molecule has 20 heavy (non-hydrogen) atoms. The summed E-state index contributed by atoms with van der Waals surface area (Å²) in [7, 11) is 0. The van der Waals surface area contributed by atoms with Crippen LogP contribution in [0.3, 0.4) is 0 Å². The van der Waals surface area contributed by atoms with Crippen molar-refractivity contribution < 1.29 is 14.3 Å². The second-order valence-electron chi connectivity index (χ2n) is 4.66. The highest BCUT2D eigenvalue weighted by Gasteiger charge is 2.10. The first-order chi connectivity index (χ1) is 9.34. The van der Waals surface area contributed by atoms with Crippen molar-refractivity contribution in [3.05, 3.63) is 35.9 Å². The van der Waals surface area contributed by atoms with Gasteiger partial charge >= 0.3 is 5.97 Å². The Balaban J connectivity index is 0.00000200. The van der Waals surface area contributed by atoms with Crippen LogP contribution in [0.5, 0.6) is 0 Å². The average Bonchev–Trinajstić information content (AvgIpc) is 2.47. The van der Waals surface area contributed by atoms with Crippen LogP contribution in [0.2, 0.25) is 0 Å². The molecule has 1 aliphatic heterocycles. The normalized spacial score (nSPS) is 15.4. The fourth-order valence-electron chi connectivity index (χ4n) is 2.08. The van der Waals surface area contributed by atoms with E-state index < -0.39 is 0 Å². The van der Waals surface area contributed by atoms with E-state index in [0.29, 0.717) is 13.0 Å². The van der Waals surface area contributed by atoms with Gasteiger partial charge in [-0.2, -0.15) is 0 Å². The van der Waals surface area contributed by atoms with E-state index in [4.69, 9.17) is 9.47 Å². The molecule has 0 aromatic heterocycles. The van der Waals surface area contributed by atoms with Gasteiger partial charge in [0.25, 0.3) is 0 Å². The Morgan fingerprint density at radius 1 is 1.20 bits per heavy atom. The summed E-state index contributed by atoms with van der Waals surface area (Å²) >= 11 is 0. The minimum Gasteiger partial charge on any atom is -0.464 e. The van der Waals surface area contributed by atoms with E-state index in [1.165, 1.54) is 5.56 Å². The molecule has 0 radical (unpaired) electrons. The molecule has 0 atom stereocenters. The molecule has 112 valence electrons. The predicted octanol–water partition coefficient (Wildman–Crippen LogP) is 1.92. The number of morpholine rings is 1. The Hall–Kier alpha value is -1.10. The van der Waals surface area contributed by atoms with E-state index in [9.17, 15) is 4.79 Å². The molecule has 2 rings (SSSR count). The van der Waals surface area contributed by atoms with E-state index >= 15 is 0 Å². The number of nitrogens with zero attached hydrogens (tertiary/aromatic N) is 1.